The van der Waals surface area contributed by atoms with Crippen molar-refractivity contribution in [2.24, 2.45) is 4.99 Å². The number of anilines is 1. The van der Waals surface area contributed by atoms with Crippen LogP contribution in [0.25, 0.3) is 0 Å². The third-order valence-corrected chi connectivity index (χ3v) is 4.47. The molecule has 0 bridgehead atoms. The number of para-hydroxylation sites is 2. The van der Waals surface area contributed by atoms with E-state index in [0.29, 0.717) is 0 Å². The fourth-order valence-electron chi connectivity index (χ4n) is 3.10. The lowest BCUT2D eigenvalue weighted by atomic mass is 10.2. The molecule has 5 heteroatoms. The highest BCUT2D eigenvalue weighted by Crippen LogP contribution is 2.28. The molecule has 0 unspecified atom stereocenters. The van der Waals surface area contributed by atoms with Gasteiger partial charge in [-0.3, -0.25) is 14.9 Å². The van der Waals surface area contributed by atoms with Crippen molar-refractivity contribution >= 4 is 11.9 Å². The number of aliphatic imine (C=N–C) groups is 1. The van der Waals surface area contributed by atoms with Gasteiger partial charge in [-0.25, -0.2) is 0 Å². The smallest absolute Gasteiger partial charge is 0.142 e. The van der Waals surface area contributed by atoms with Crippen LogP contribution in [0.5, 0.6) is 5.75 Å². The molecule has 1 aliphatic heterocycles. The minimum atomic E-state index is 0.850. The summed E-state index contributed by atoms with van der Waals surface area (Å²) < 4.78 is 5.48. The second kappa shape index (κ2) is 9.18. The van der Waals surface area contributed by atoms with E-state index >= 15 is 0 Å². The highest BCUT2D eigenvalue weighted by atomic mass is 16.5. The van der Waals surface area contributed by atoms with E-state index < -0.39 is 0 Å². The maximum atomic E-state index is 5.48. The summed E-state index contributed by atoms with van der Waals surface area (Å²) in [6.45, 7) is 6.20. The number of aromatic nitrogens is 1. The molecule has 132 valence electrons. The van der Waals surface area contributed by atoms with E-state index in [1.165, 1.54) is 5.69 Å². The maximum Gasteiger partial charge on any atom is 0.142 e. The average Bonchev–Trinajstić information content (AvgIpc) is 2.69. The van der Waals surface area contributed by atoms with Crippen LogP contribution in [0, 0.1) is 0 Å². The van der Waals surface area contributed by atoms with Crippen LogP contribution in [0.15, 0.2) is 53.7 Å². The molecule has 3 rings (SSSR count). The van der Waals surface area contributed by atoms with Crippen molar-refractivity contribution in [1.82, 2.24) is 9.88 Å². The number of ether oxygens (including phenoxy) is 1. The molecule has 1 saturated heterocycles. The molecule has 1 fully saturated rings. The van der Waals surface area contributed by atoms with E-state index in [-0.39, 0.29) is 0 Å². The van der Waals surface area contributed by atoms with Gasteiger partial charge in [0.1, 0.15) is 5.75 Å². The summed E-state index contributed by atoms with van der Waals surface area (Å²) in [5, 5.41) is 0. The van der Waals surface area contributed by atoms with Gasteiger partial charge in [-0.1, -0.05) is 18.2 Å². The Kier molecular flexibility index (Phi) is 6.40. The molecule has 1 aliphatic rings. The number of hydrogen-bond acceptors (Lipinski definition) is 5. The lowest BCUT2D eigenvalue weighted by Gasteiger charge is -2.36. The highest BCUT2D eigenvalue weighted by molar-refractivity contribution is 5.76. The lowest BCUT2D eigenvalue weighted by molar-refractivity contribution is 0.256. The minimum absolute atomic E-state index is 0.850. The standard InChI is InChI=1S/C20H26N4O/c1-25-20-9-3-2-8-19(20)24-15-13-23(14-16-24)12-6-10-21-17-18-7-4-5-11-22-18/h2-5,7-9,11,17H,6,10,12-16H2,1H3. The van der Waals surface area contributed by atoms with Crippen molar-refractivity contribution in [2.45, 2.75) is 6.42 Å². The predicted molar refractivity (Wildman–Crippen MR) is 103 cm³/mol. The van der Waals surface area contributed by atoms with Gasteiger partial charge in [-0.15, -0.1) is 0 Å². The molecular formula is C20H26N4O. The van der Waals surface area contributed by atoms with Crippen LogP contribution in [0.1, 0.15) is 12.1 Å². The Labute approximate surface area is 150 Å². The van der Waals surface area contributed by atoms with Crippen LogP contribution in [0.3, 0.4) is 0 Å². The van der Waals surface area contributed by atoms with Crippen LogP contribution in [-0.2, 0) is 0 Å². The van der Waals surface area contributed by atoms with Gasteiger partial charge in [0, 0.05) is 51.7 Å². The van der Waals surface area contributed by atoms with Gasteiger partial charge in [0.25, 0.3) is 0 Å². The van der Waals surface area contributed by atoms with E-state index in [2.05, 4.69) is 31.9 Å². The Hall–Kier alpha value is -2.40. The first-order valence-electron chi connectivity index (χ1n) is 8.88. The van der Waals surface area contributed by atoms with E-state index in [0.717, 1.165) is 57.1 Å². The fraction of sp³-hybridized carbons (Fsp3) is 0.400. The van der Waals surface area contributed by atoms with Crippen molar-refractivity contribution in [3.8, 4) is 5.75 Å². The van der Waals surface area contributed by atoms with E-state index in [1.54, 1.807) is 13.3 Å². The Bertz CT molecular complexity index is 666. The maximum absolute atomic E-state index is 5.48. The molecule has 2 heterocycles. The van der Waals surface area contributed by atoms with Crippen molar-refractivity contribution in [1.29, 1.82) is 0 Å². The molecule has 5 nitrogen and oxygen atoms in total. The Morgan fingerprint density at radius 2 is 1.88 bits per heavy atom. The number of benzene rings is 1. The third kappa shape index (κ3) is 5.03. The lowest BCUT2D eigenvalue weighted by Crippen LogP contribution is -2.46. The molecule has 25 heavy (non-hydrogen) atoms. The molecule has 0 spiro atoms. The molecule has 0 radical (unpaired) electrons. The van der Waals surface area contributed by atoms with E-state index in [1.807, 2.05) is 36.5 Å². The summed E-state index contributed by atoms with van der Waals surface area (Å²) in [4.78, 5) is 13.6. The first kappa shape index (κ1) is 17.4. The van der Waals surface area contributed by atoms with Gasteiger partial charge in [-0.2, -0.15) is 0 Å². The highest BCUT2D eigenvalue weighted by Gasteiger charge is 2.18. The number of rotatable bonds is 7. The monoisotopic (exact) mass is 338 g/mol. The molecule has 0 atom stereocenters. The van der Waals surface area contributed by atoms with Crippen LogP contribution >= 0.6 is 0 Å². The van der Waals surface area contributed by atoms with Crippen LogP contribution in [-0.4, -0.2) is 62.5 Å². The van der Waals surface area contributed by atoms with Gasteiger partial charge >= 0.3 is 0 Å². The van der Waals surface area contributed by atoms with E-state index in [9.17, 15) is 0 Å². The largest absolute Gasteiger partial charge is 0.495 e. The minimum Gasteiger partial charge on any atom is -0.495 e. The number of hydrogen-bond donors (Lipinski definition) is 0. The topological polar surface area (TPSA) is 41.0 Å². The molecule has 1 aromatic carbocycles. The third-order valence-electron chi connectivity index (χ3n) is 4.47. The number of pyridine rings is 1. The number of piperazine rings is 1. The molecule has 1 aromatic heterocycles. The van der Waals surface area contributed by atoms with Gasteiger partial charge < -0.3 is 9.64 Å². The molecular weight excluding hydrogens is 312 g/mol. The summed E-state index contributed by atoms with van der Waals surface area (Å²) in [5.74, 6) is 0.958. The summed E-state index contributed by atoms with van der Waals surface area (Å²) in [7, 11) is 1.74. The molecule has 0 N–H and O–H groups in total. The second-order valence-corrected chi connectivity index (χ2v) is 6.14. The summed E-state index contributed by atoms with van der Waals surface area (Å²) in [6.07, 6.45) is 4.74. The quantitative estimate of drug-likeness (QED) is 0.575. The zero-order valence-electron chi connectivity index (χ0n) is 14.8. The van der Waals surface area contributed by atoms with Crippen molar-refractivity contribution in [3.63, 3.8) is 0 Å². The first-order chi connectivity index (χ1) is 12.4. The van der Waals surface area contributed by atoms with Gasteiger partial charge in [0.15, 0.2) is 0 Å². The van der Waals surface area contributed by atoms with Gasteiger partial charge in [0.2, 0.25) is 0 Å². The van der Waals surface area contributed by atoms with Gasteiger partial charge in [0.05, 0.1) is 18.5 Å². The Morgan fingerprint density at radius 1 is 1.08 bits per heavy atom. The zero-order chi connectivity index (χ0) is 17.3. The SMILES string of the molecule is COc1ccccc1N1CCN(CCCN=Cc2ccccn2)CC1. The predicted octanol–water partition coefficient (Wildman–Crippen LogP) is 2.72. The molecule has 0 saturated carbocycles. The summed E-state index contributed by atoms with van der Waals surface area (Å²) >= 11 is 0. The second-order valence-electron chi connectivity index (χ2n) is 6.14. The average molecular weight is 338 g/mol. The summed E-state index contributed by atoms with van der Waals surface area (Å²) in [5.41, 5.74) is 2.12. The van der Waals surface area contributed by atoms with Crippen molar-refractivity contribution < 1.29 is 4.74 Å². The first-order valence-corrected chi connectivity index (χ1v) is 8.88. The molecule has 0 amide bonds. The normalized spacial score (nSPS) is 15.6. The fourth-order valence-corrected chi connectivity index (χ4v) is 3.10. The van der Waals surface area contributed by atoms with Crippen LogP contribution < -0.4 is 9.64 Å². The number of methoxy groups -OCH3 is 1. The van der Waals surface area contributed by atoms with Crippen LogP contribution in [0.4, 0.5) is 5.69 Å². The summed E-state index contributed by atoms with van der Waals surface area (Å²) in [6, 6.07) is 14.1. The Balaban J connectivity index is 1.39. The zero-order valence-corrected chi connectivity index (χ0v) is 14.8. The van der Waals surface area contributed by atoms with Gasteiger partial charge in [-0.05, 0) is 30.7 Å². The molecule has 0 aliphatic carbocycles. The molecule has 2 aromatic rings. The Morgan fingerprint density at radius 3 is 2.64 bits per heavy atom. The van der Waals surface area contributed by atoms with Crippen molar-refractivity contribution in [3.05, 3.63) is 54.4 Å². The van der Waals surface area contributed by atoms with Crippen LogP contribution in [0.2, 0.25) is 0 Å². The number of nitrogens with zero attached hydrogens (tertiary/aromatic N) is 4. The van der Waals surface area contributed by atoms with Crippen molar-refractivity contribution in [2.75, 3.05) is 51.3 Å². The van der Waals surface area contributed by atoms with E-state index in [4.69, 9.17) is 4.74 Å².